The SMILES string of the molecule is COc1ccc(-c2c(C#N)c(N)nc3sc(C(N)=O)c(N)c23)c(OC)c1OC. The zero-order chi connectivity index (χ0) is 20.6. The van der Waals surface area contributed by atoms with Gasteiger partial charge < -0.3 is 31.4 Å². The number of methoxy groups -OCH3 is 3. The smallest absolute Gasteiger partial charge is 0.260 e. The number of amides is 1. The number of ether oxygens (including phenoxy) is 3. The van der Waals surface area contributed by atoms with Crippen molar-refractivity contribution >= 4 is 39.0 Å². The number of fused-ring (bicyclic) bond motifs is 1. The minimum absolute atomic E-state index is 0.000826. The third-order valence-corrected chi connectivity index (χ3v) is 5.33. The van der Waals surface area contributed by atoms with Crippen LogP contribution in [0.2, 0.25) is 0 Å². The number of nitriles is 1. The lowest BCUT2D eigenvalue weighted by Crippen LogP contribution is -2.10. The molecule has 0 unspecified atom stereocenters. The molecule has 2 aromatic heterocycles. The number of hydrogen-bond acceptors (Lipinski definition) is 9. The van der Waals surface area contributed by atoms with Crippen LogP contribution in [0.5, 0.6) is 17.2 Å². The summed E-state index contributed by atoms with van der Waals surface area (Å²) in [6.45, 7) is 0. The maximum absolute atomic E-state index is 11.8. The zero-order valence-corrected chi connectivity index (χ0v) is 16.1. The molecular weight excluding hydrogens is 382 g/mol. The standard InChI is InChI=1S/C18H17N5O4S/c1-25-9-5-4-7(13(26-2)14(9)27-3)10-8(6-19)16(21)23-18-11(10)12(20)15(28-18)17(22)24/h4-5H,20H2,1-3H3,(H2,21,23)(H2,22,24). The molecule has 0 spiro atoms. The molecular formula is C18H17N5O4S. The van der Waals surface area contributed by atoms with Gasteiger partial charge in [-0.25, -0.2) is 4.98 Å². The number of aromatic nitrogens is 1. The molecule has 3 aromatic rings. The van der Waals surface area contributed by atoms with Crippen LogP contribution in [-0.2, 0) is 0 Å². The third kappa shape index (κ3) is 2.69. The lowest BCUT2D eigenvalue weighted by atomic mass is 9.95. The Labute approximate surface area is 164 Å². The largest absolute Gasteiger partial charge is 0.493 e. The number of nitrogens with two attached hydrogens (primary N) is 3. The van der Waals surface area contributed by atoms with E-state index in [2.05, 4.69) is 11.1 Å². The zero-order valence-electron chi connectivity index (χ0n) is 15.3. The van der Waals surface area contributed by atoms with Crippen molar-refractivity contribution in [2.75, 3.05) is 32.8 Å². The minimum atomic E-state index is -0.692. The maximum Gasteiger partial charge on any atom is 0.260 e. The molecule has 0 aliphatic heterocycles. The van der Waals surface area contributed by atoms with Crippen molar-refractivity contribution in [1.29, 1.82) is 5.26 Å². The van der Waals surface area contributed by atoms with E-state index in [4.69, 9.17) is 31.4 Å². The van der Waals surface area contributed by atoms with Crippen molar-refractivity contribution in [2.45, 2.75) is 0 Å². The van der Waals surface area contributed by atoms with E-state index in [0.29, 0.717) is 38.6 Å². The molecule has 3 rings (SSSR count). The van der Waals surface area contributed by atoms with E-state index < -0.39 is 5.91 Å². The fourth-order valence-corrected chi connectivity index (χ4v) is 4.00. The molecule has 0 atom stereocenters. The van der Waals surface area contributed by atoms with Gasteiger partial charge in [-0.3, -0.25) is 4.79 Å². The summed E-state index contributed by atoms with van der Waals surface area (Å²) in [5.74, 6) is 0.397. The predicted molar refractivity (Wildman–Crippen MR) is 107 cm³/mol. The number of carbonyl (C=O) groups excluding carboxylic acids is 1. The van der Waals surface area contributed by atoms with Gasteiger partial charge in [0.25, 0.3) is 5.91 Å². The summed E-state index contributed by atoms with van der Waals surface area (Å²) in [5, 5.41) is 10.1. The summed E-state index contributed by atoms with van der Waals surface area (Å²) in [4.78, 5) is 16.5. The van der Waals surface area contributed by atoms with Gasteiger partial charge in [0, 0.05) is 16.5 Å². The molecule has 1 amide bonds. The number of nitrogen functional groups attached to an aromatic ring is 2. The van der Waals surface area contributed by atoms with E-state index in [1.807, 2.05) is 0 Å². The number of hydrogen-bond donors (Lipinski definition) is 3. The normalized spacial score (nSPS) is 10.5. The Hall–Kier alpha value is -3.71. The molecule has 0 saturated heterocycles. The van der Waals surface area contributed by atoms with Crippen LogP contribution in [0.1, 0.15) is 15.2 Å². The molecule has 0 aliphatic carbocycles. The Morgan fingerprint density at radius 1 is 1.14 bits per heavy atom. The quantitative estimate of drug-likeness (QED) is 0.588. The molecule has 9 nitrogen and oxygen atoms in total. The molecule has 0 fully saturated rings. The minimum Gasteiger partial charge on any atom is -0.493 e. The molecule has 1 aromatic carbocycles. The highest BCUT2D eigenvalue weighted by Crippen LogP contribution is 2.49. The van der Waals surface area contributed by atoms with Gasteiger partial charge in [-0.2, -0.15) is 5.26 Å². The van der Waals surface area contributed by atoms with E-state index >= 15 is 0 Å². The molecule has 6 N–H and O–H groups in total. The monoisotopic (exact) mass is 399 g/mol. The molecule has 144 valence electrons. The van der Waals surface area contributed by atoms with Crippen LogP contribution < -0.4 is 31.4 Å². The van der Waals surface area contributed by atoms with Gasteiger partial charge in [-0.1, -0.05) is 0 Å². The second kappa shape index (κ2) is 7.13. The van der Waals surface area contributed by atoms with Gasteiger partial charge >= 0.3 is 0 Å². The van der Waals surface area contributed by atoms with Crippen LogP contribution in [-0.4, -0.2) is 32.2 Å². The van der Waals surface area contributed by atoms with Crippen molar-refractivity contribution in [2.24, 2.45) is 5.73 Å². The second-order valence-electron chi connectivity index (χ2n) is 5.63. The lowest BCUT2D eigenvalue weighted by molar-refractivity contribution is 0.100. The molecule has 0 radical (unpaired) electrons. The lowest BCUT2D eigenvalue weighted by Gasteiger charge is -2.17. The number of rotatable bonds is 5. The third-order valence-electron chi connectivity index (χ3n) is 4.21. The fraction of sp³-hybridized carbons (Fsp3) is 0.167. The van der Waals surface area contributed by atoms with Gasteiger partial charge in [-0.05, 0) is 12.1 Å². The highest BCUT2D eigenvalue weighted by atomic mass is 32.1. The van der Waals surface area contributed by atoms with Crippen molar-refractivity contribution < 1.29 is 19.0 Å². The Morgan fingerprint density at radius 2 is 1.82 bits per heavy atom. The van der Waals surface area contributed by atoms with Crippen LogP contribution in [0.15, 0.2) is 12.1 Å². The summed E-state index contributed by atoms with van der Waals surface area (Å²) >= 11 is 1.01. The first-order chi connectivity index (χ1) is 13.4. The highest BCUT2D eigenvalue weighted by molar-refractivity contribution is 7.21. The Kier molecular flexibility index (Phi) is 4.85. The number of thiophene rings is 1. The van der Waals surface area contributed by atoms with E-state index in [-0.39, 0.29) is 21.9 Å². The molecule has 10 heteroatoms. The first kappa shape index (κ1) is 19.1. The van der Waals surface area contributed by atoms with Gasteiger partial charge in [-0.15, -0.1) is 11.3 Å². The van der Waals surface area contributed by atoms with Crippen molar-refractivity contribution in [3.8, 4) is 34.4 Å². The van der Waals surface area contributed by atoms with E-state index in [1.165, 1.54) is 21.3 Å². The number of primary amides is 1. The molecule has 0 saturated carbocycles. The molecule has 2 heterocycles. The van der Waals surface area contributed by atoms with E-state index in [0.717, 1.165) is 11.3 Å². The number of nitrogens with zero attached hydrogens (tertiary/aromatic N) is 2. The summed E-state index contributed by atoms with van der Waals surface area (Å²) in [6.07, 6.45) is 0. The topological polar surface area (TPSA) is 159 Å². The number of benzene rings is 1. The van der Waals surface area contributed by atoms with Gasteiger partial charge in [0.1, 0.15) is 27.2 Å². The Bertz CT molecular complexity index is 1150. The number of anilines is 2. The summed E-state index contributed by atoms with van der Waals surface area (Å²) in [7, 11) is 4.42. The molecule has 0 aliphatic rings. The van der Waals surface area contributed by atoms with Crippen LogP contribution in [0.25, 0.3) is 21.3 Å². The first-order valence-corrected chi connectivity index (χ1v) is 8.71. The van der Waals surface area contributed by atoms with E-state index in [1.54, 1.807) is 12.1 Å². The van der Waals surface area contributed by atoms with Gasteiger partial charge in [0.15, 0.2) is 11.5 Å². The highest BCUT2D eigenvalue weighted by Gasteiger charge is 2.27. The van der Waals surface area contributed by atoms with Crippen LogP contribution in [0.3, 0.4) is 0 Å². The van der Waals surface area contributed by atoms with Crippen LogP contribution in [0.4, 0.5) is 11.5 Å². The Balaban J connectivity index is 2.54. The number of pyridine rings is 1. The molecule has 28 heavy (non-hydrogen) atoms. The fourth-order valence-electron chi connectivity index (χ4n) is 3.03. The molecule has 0 bridgehead atoms. The maximum atomic E-state index is 11.8. The number of carbonyl (C=O) groups is 1. The van der Waals surface area contributed by atoms with Crippen LogP contribution in [0, 0.1) is 11.3 Å². The van der Waals surface area contributed by atoms with Gasteiger partial charge in [0.2, 0.25) is 5.75 Å². The average molecular weight is 399 g/mol. The Morgan fingerprint density at radius 3 is 2.36 bits per heavy atom. The van der Waals surface area contributed by atoms with Crippen molar-refractivity contribution in [3.63, 3.8) is 0 Å². The summed E-state index contributed by atoms with van der Waals surface area (Å²) < 4.78 is 16.3. The summed E-state index contributed by atoms with van der Waals surface area (Å²) in [6, 6.07) is 5.41. The van der Waals surface area contributed by atoms with Crippen LogP contribution >= 0.6 is 11.3 Å². The second-order valence-corrected chi connectivity index (χ2v) is 6.63. The predicted octanol–water partition coefficient (Wildman–Crippen LogP) is 2.12. The summed E-state index contributed by atoms with van der Waals surface area (Å²) in [5.41, 5.74) is 18.7. The van der Waals surface area contributed by atoms with Gasteiger partial charge in [0.05, 0.1) is 27.0 Å². The average Bonchev–Trinajstić information content (AvgIpc) is 3.01. The first-order valence-electron chi connectivity index (χ1n) is 7.90. The van der Waals surface area contributed by atoms with Crippen molar-refractivity contribution in [1.82, 2.24) is 4.98 Å². The van der Waals surface area contributed by atoms with Crippen molar-refractivity contribution in [3.05, 3.63) is 22.6 Å². The van der Waals surface area contributed by atoms with E-state index in [9.17, 15) is 10.1 Å².